The van der Waals surface area contributed by atoms with Crippen molar-refractivity contribution in [2.45, 2.75) is 39.3 Å². The van der Waals surface area contributed by atoms with Crippen LogP contribution in [0.3, 0.4) is 0 Å². The molecule has 1 saturated carbocycles. The van der Waals surface area contributed by atoms with Gasteiger partial charge in [0.1, 0.15) is 0 Å². The van der Waals surface area contributed by atoms with Gasteiger partial charge in [-0.1, -0.05) is 35.8 Å². The van der Waals surface area contributed by atoms with E-state index in [0.717, 1.165) is 29.3 Å². The van der Waals surface area contributed by atoms with Crippen molar-refractivity contribution in [3.05, 3.63) is 28.2 Å². The highest BCUT2D eigenvalue weighted by molar-refractivity contribution is 9.10. The van der Waals surface area contributed by atoms with Crippen LogP contribution in [0.4, 0.5) is 5.69 Å². The molecule has 2 N–H and O–H groups in total. The highest BCUT2D eigenvalue weighted by atomic mass is 79.9. The highest BCUT2D eigenvalue weighted by Crippen LogP contribution is 2.32. The van der Waals surface area contributed by atoms with Crippen molar-refractivity contribution in [3.63, 3.8) is 0 Å². The van der Waals surface area contributed by atoms with Crippen LogP contribution >= 0.6 is 15.9 Å². The molecule has 2 nitrogen and oxygen atoms in total. The van der Waals surface area contributed by atoms with Crippen LogP contribution in [0.2, 0.25) is 0 Å². The minimum absolute atomic E-state index is 0.708. The Bertz CT molecular complexity index is 366. The predicted octanol–water partition coefficient (Wildman–Crippen LogP) is 3.65. The summed E-state index contributed by atoms with van der Waals surface area (Å²) in [5.41, 5.74) is 8.20. The molecule has 1 aliphatic rings. The van der Waals surface area contributed by atoms with E-state index >= 15 is 0 Å². The Labute approximate surface area is 112 Å². The number of halogens is 1. The summed E-state index contributed by atoms with van der Waals surface area (Å²) in [5, 5.41) is 0. The normalized spacial score (nSPS) is 15.8. The van der Waals surface area contributed by atoms with Crippen LogP contribution in [0.25, 0.3) is 0 Å². The van der Waals surface area contributed by atoms with Gasteiger partial charge in [0, 0.05) is 34.9 Å². The van der Waals surface area contributed by atoms with Gasteiger partial charge in [0.15, 0.2) is 0 Å². The number of anilines is 1. The lowest BCUT2D eigenvalue weighted by Crippen LogP contribution is -2.30. The molecular weight excluding hydrogens is 276 g/mol. The zero-order valence-corrected chi connectivity index (χ0v) is 12.2. The number of benzene rings is 1. The molecule has 0 amide bonds. The van der Waals surface area contributed by atoms with Gasteiger partial charge in [0.05, 0.1) is 0 Å². The van der Waals surface area contributed by atoms with E-state index in [-0.39, 0.29) is 0 Å². The van der Waals surface area contributed by atoms with Gasteiger partial charge in [-0.15, -0.1) is 0 Å². The molecule has 0 heterocycles. The quantitative estimate of drug-likeness (QED) is 0.841. The lowest BCUT2D eigenvalue weighted by molar-refractivity contribution is 0.226. The molecule has 0 spiro atoms. The molecule has 94 valence electrons. The van der Waals surface area contributed by atoms with Gasteiger partial charge in [0.2, 0.25) is 0 Å². The standard InChI is InChI=1S/C14H21BrN2/c1-10(2)8-17(11-6-7-11)9-12-13(15)4-3-5-14(12)16/h3-5,10-11H,6-9,16H2,1-2H3. The third kappa shape index (κ3) is 3.46. The van der Waals surface area contributed by atoms with Gasteiger partial charge in [-0.25, -0.2) is 0 Å². The summed E-state index contributed by atoms with van der Waals surface area (Å²) in [7, 11) is 0. The van der Waals surface area contributed by atoms with E-state index in [1.807, 2.05) is 12.1 Å². The monoisotopic (exact) mass is 296 g/mol. The molecule has 0 bridgehead atoms. The molecule has 0 radical (unpaired) electrons. The molecule has 0 atom stereocenters. The Morgan fingerprint density at radius 3 is 2.65 bits per heavy atom. The second kappa shape index (κ2) is 5.40. The van der Waals surface area contributed by atoms with Crippen LogP contribution in [0.1, 0.15) is 32.3 Å². The number of nitrogens with zero attached hydrogens (tertiary/aromatic N) is 1. The maximum atomic E-state index is 6.06. The number of nitrogen functional groups attached to an aromatic ring is 1. The summed E-state index contributed by atoms with van der Waals surface area (Å²) < 4.78 is 1.13. The van der Waals surface area contributed by atoms with E-state index in [0.29, 0.717) is 5.92 Å². The van der Waals surface area contributed by atoms with E-state index in [9.17, 15) is 0 Å². The van der Waals surface area contributed by atoms with E-state index in [4.69, 9.17) is 5.73 Å². The highest BCUT2D eigenvalue weighted by Gasteiger charge is 2.29. The summed E-state index contributed by atoms with van der Waals surface area (Å²) in [4.78, 5) is 2.57. The van der Waals surface area contributed by atoms with Crippen molar-refractivity contribution in [3.8, 4) is 0 Å². The first-order valence-corrected chi connectivity index (χ1v) is 7.14. The first-order valence-electron chi connectivity index (χ1n) is 6.35. The molecule has 0 unspecified atom stereocenters. The molecule has 1 aromatic rings. The molecule has 0 aromatic heterocycles. The van der Waals surface area contributed by atoms with Gasteiger partial charge in [0.25, 0.3) is 0 Å². The molecule has 2 rings (SSSR count). The van der Waals surface area contributed by atoms with Gasteiger partial charge in [-0.3, -0.25) is 4.90 Å². The first-order chi connectivity index (χ1) is 8.08. The number of hydrogen-bond acceptors (Lipinski definition) is 2. The molecule has 0 aliphatic heterocycles. The molecule has 17 heavy (non-hydrogen) atoms. The minimum Gasteiger partial charge on any atom is -0.398 e. The van der Waals surface area contributed by atoms with E-state index in [1.54, 1.807) is 0 Å². The summed E-state index contributed by atoms with van der Waals surface area (Å²) in [6, 6.07) is 6.84. The van der Waals surface area contributed by atoms with Crippen LogP contribution < -0.4 is 5.73 Å². The summed E-state index contributed by atoms with van der Waals surface area (Å²) >= 11 is 3.60. The maximum absolute atomic E-state index is 6.06. The zero-order valence-electron chi connectivity index (χ0n) is 10.6. The Morgan fingerprint density at radius 1 is 1.41 bits per heavy atom. The SMILES string of the molecule is CC(C)CN(Cc1c(N)cccc1Br)C1CC1. The van der Waals surface area contributed by atoms with Gasteiger partial charge in [-0.05, 0) is 30.9 Å². The second-order valence-electron chi connectivity index (χ2n) is 5.36. The molecule has 0 saturated heterocycles. The van der Waals surface area contributed by atoms with E-state index in [1.165, 1.54) is 18.4 Å². The molecule has 1 aromatic carbocycles. The van der Waals surface area contributed by atoms with Crippen molar-refractivity contribution < 1.29 is 0 Å². The van der Waals surface area contributed by atoms with Gasteiger partial charge < -0.3 is 5.73 Å². The third-order valence-corrected chi connectivity index (χ3v) is 3.92. The largest absolute Gasteiger partial charge is 0.398 e. The van der Waals surface area contributed by atoms with Gasteiger partial charge in [-0.2, -0.15) is 0 Å². The van der Waals surface area contributed by atoms with Crippen LogP contribution in [0.15, 0.2) is 22.7 Å². The Balaban J connectivity index is 2.11. The first kappa shape index (κ1) is 12.9. The average molecular weight is 297 g/mol. The zero-order chi connectivity index (χ0) is 12.4. The van der Waals surface area contributed by atoms with Crippen LogP contribution in [0, 0.1) is 5.92 Å². The summed E-state index contributed by atoms with van der Waals surface area (Å²) in [5.74, 6) is 0.708. The summed E-state index contributed by atoms with van der Waals surface area (Å²) in [6.45, 7) is 6.68. The van der Waals surface area contributed by atoms with E-state index < -0.39 is 0 Å². The van der Waals surface area contributed by atoms with Crippen LogP contribution in [0.5, 0.6) is 0 Å². The van der Waals surface area contributed by atoms with Crippen molar-refractivity contribution in [2.24, 2.45) is 5.92 Å². The Hall–Kier alpha value is -0.540. The Morgan fingerprint density at radius 2 is 2.12 bits per heavy atom. The minimum atomic E-state index is 0.708. The van der Waals surface area contributed by atoms with Crippen LogP contribution in [-0.4, -0.2) is 17.5 Å². The fourth-order valence-electron chi connectivity index (χ4n) is 2.20. The Kier molecular flexibility index (Phi) is 4.10. The van der Waals surface area contributed by atoms with Crippen molar-refractivity contribution in [1.82, 2.24) is 4.90 Å². The molecule has 1 fully saturated rings. The fraction of sp³-hybridized carbons (Fsp3) is 0.571. The third-order valence-electron chi connectivity index (χ3n) is 3.18. The topological polar surface area (TPSA) is 29.3 Å². The van der Waals surface area contributed by atoms with Crippen molar-refractivity contribution >= 4 is 21.6 Å². The average Bonchev–Trinajstić information content (AvgIpc) is 3.05. The lowest BCUT2D eigenvalue weighted by atomic mass is 10.1. The number of nitrogens with two attached hydrogens (primary N) is 1. The molecular formula is C14H21BrN2. The van der Waals surface area contributed by atoms with Crippen molar-refractivity contribution in [2.75, 3.05) is 12.3 Å². The fourth-order valence-corrected chi connectivity index (χ4v) is 2.70. The smallest absolute Gasteiger partial charge is 0.0371 e. The number of rotatable bonds is 5. The maximum Gasteiger partial charge on any atom is 0.0371 e. The number of hydrogen-bond donors (Lipinski definition) is 1. The lowest BCUT2D eigenvalue weighted by Gasteiger charge is -2.25. The summed E-state index contributed by atoms with van der Waals surface area (Å²) in [6.07, 6.45) is 2.69. The van der Waals surface area contributed by atoms with Crippen LogP contribution in [-0.2, 0) is 6.54 Å². The molecule has 3 heteroatoms. The molecule has 1 aliphatic carbocycles. The van der Waals surface area contributed by atoms with E-state index in [2.05, 4.69) is 40.7 Å². The van der Waals surface area contributed by atoms with Crippen molar-refractivity contribution in [1.29, 1.82) is 0 Å². The van der Waals surface area contributed by atoms with Gasteiger partial charge >= 0.3 is 0 Å². The second-order valence-corrected chi connectivity index (χ2v) is 6.22. The predicted molar refractivity (Wildman–Crippen MR) is 76.8 cm³/mol.